The van der Waals surface area contributed by atoms with E-state index in [0.29, 0.717) is 0 Å². The molecule has 0 aliphatic carbocycles. The first-order valence-electron chi connectivity index (χ1n) is 0.698. The van der Waals surface area contributed by atoms with E-state index >= 15 is 0 Å². The van der Waals surface area contributed by atoms with Crippen LogP contribution >= 0.6 is 0 Å². The fraction of sp³-hybridized carbons (Fsp3) is 0. The van der Waals surface area contributed by atoms with Gasteiger partial charge in [-0.25, -0.2) is 0 Å². The van der Waals surface area contributed by atoms with Crippen LogP contribution in [0.1, 0.15) is 0 Å². The van der Waals surface area contributed by atoms with Crippen molar-refractivity contribution in [2.75, 3.05) is 0 Å². The van der Waals surface area contributed by atoms with E-state index in [9.17, 15) is 0 Å². The van der Waals surface area contributed by atoms with Gasteiger partial charge >= 0.3 is 10.4 Å². The molecule has 4 nitrogen and oxygen atoms in total. The molecule has 0 unspecified atom stereocenters. The Morgan fingerprint density at radius 1 is 1.17 bits per heavy atom. The van der Waals surface area contributed by atoms with Crippen molar-refractivity contribution in [3.8, 4) is 0 Å². The first kappa shape index (κ1) is 10.5. The summed E-state index contributed by atoms with van der Waals surface area (Å²) in [5.74, 6) is 0. The third-order valence-corrected chi connectivity index (χ3v) is 0. The molecular formula is H2KO4S. The number of hydrogen-bond donors (Lipinski definition) is 2. The molecule has 0 aromatic carbocycles. The maximum Gasteiger partial charge on any atom is 0.394 e. The molecule has 0 fully saturated rings. The van der Waals surface area contributed by atoms with Crippen LogP contribution in [-0.4, -0.2) is 68.9 Å². The molecule has 0 aromatic heterocycles. The Morgan fingerprint density at radius 2 is 1.17 bits per heavy atom. The van der Waals surface area contributed by atoms with Crippen LogP contribution in [0.2, 0.25) is 0 Å². The van der Waals surface area contributed by atoms with E-state index < -0.39 is 10.4 Å². The molecule has 1 radical (unpaired) electrons. The minimum Gasteiger partial charge on any atom is -0.264 e. The smallest absolute Gasteiger partial charge is 0.264 e. The van der Waals surface area contributed by atoms with Gasteiger partial charge in [-0.3, -0.25) is 9.11 Å². The van der Waals surface area contributed by atoms with Crippen molar-refractivity contribution >= 4 is 61.8 Å². The molecule has 0 spiro atoms. The first-order valence-corrected chi connectivity index (χ1v) is 2.10. The molecule has 0 amide bonds. The molecule has 0 bridgehead atoms. The fourth-order valence-electron chi connectivity index (χ4n) is 0. The van der Waals surface area contributed by atoms with E-state index in [1.54, 1.807) is 0 Å². The van der Waals surface area contributed by atoms with Crippen LogP contribution in [0.15, 0.2) is 0 Å². The van der Waals surface area contributed by atoms with E-state index in [0.717, 1.165) is 0 Å². The van der Waals surface area contributed by atoms with Crippen LogP contribution in [0.3, 0.4) is 0 Å². The van der Waals surface area contributed by atoms with Gasteiger partial charge in [0, 0.05) is 51.4 Å². The maximum absolute atomic E-state index is 8.74. The van der Waals surface area contributed by atoms with Gasteiger partial charge in [0.2, 0.25) is 0 Å². The molecule has 0 saturated carbocycles. The summed E-state index contributed by atoms with van der Waals surface area (Å²) < 4.78 is 31.6. The number of hydrogen-bond acceptors (Lipinski definition) is 2. The predicted octanol–water partition coefficient (Wildman–Crippen LogP) is -1.03. The van der Waals surface area contributed by atoms with Crippen molar-refractivity contribution in [1.82, 2.24) is 0 Å². The minimum absolute atomic E-state index is 0. The Balaban J connectivity index is 0. The third kappa shape index (κ3) is 49.3. The van der Waals surface area contributed by atoms with Gasteiger partial charge in [-0.2, -0.15) is 8.42 Å². The molecular weight excluding hydrogens is 135 g/mol. The summed E-state index contributed by atoms with van der Waals surface area (Å²) in [6, 6.07) is 0. The summed E-state index contributed by atoms with van der Waals surface area (Å²) in [4.78, 5) is 0. The molecule has 0 atom stereocenters. The monoisotopic (exact) mass is 137 g/mol. The molecule has 0 heterocycles. The summed E-state index contributed by atoms with van der Waals surface area (Å²) in [7, 11) is -4.67. The van der Waals surface area contributed by atoms with Gasteiger partial charge in [0.1, 0.15) is 0 Å². The van der Waals surface area contributed by atoms with E-state index in [1.165, 1.54) is 0 Å². The zero-order valence-electron chi connectivity index (χ0n) is 3.12. The second-order valence-corrected chi connectivity index (χ2v) is 1.34. The van der Waals surface area contributed by atoms with Crippen molar-refractivity contribution in [1.29, 1.82) is 0 Å². The Labute approximate surface area is 77.9 Å². The average Bonchev–Trinajstić information content (AvgIpc) is 0.722. The summed E-state index contributed by atoms with van der Waals surface area (Å²) in [6.07, 6.45) is 0. The van der Waals surface area contributed by atoms with Gasteiger partial charge in [0.15, 0.2) is 0 Å². The van der Waals surface area contributed by atoms with Crippen LogP contribution in [0.4, 0.5) is 0 Å². The van der Waals surface area contributed by atoms with Gasteiger partial charge in [0.25, 0.3) is 0 Å². The Morgan fingerprint density at radius 3 is 1.17 bits per heavy atom. The average molecular weight is 137 g/mol. The molecule has 0 saturated heterocycles. The van der Waals surface area contributed by atoms with Gasteiger partial charge in [-0.1, -0.05) is 0 Å². The minimum atomic E-state index is -4.67. The summed E-state index contributed by atoms with van der Waals surface area (Å²) in [5, 5.41) is 0. The van der Waals surface area contributed by atoms with Crippen LogP contribution in [0.25, 0.3) is 0 Å². The topological polar surface area (TPSA) is 74.6 Å². The third-order valence-electron chi connectivity index (χ3n) is 0. The van der Waals surface area contributed by atoms with Crippen LogP contribution in [0, 0.1) is 0 Å². The van der Waals surface area contributed by atoms with Crippen molar-refractivity contribution in [3.05, 3.63) is 0 Å². The first-order chi connectivity index (χ1) is 2.00. The zero-order chi connectivity index (χ0) is 4.50. The van der Waals surface area contributed by atoms with Crippen molar-refractivity contribution in [2.45, 2.75) is 0 Å². The zero-order valence-corrected chi connectivity index (χ0v) is 7.06. The fourth-order valence-corrected chi connectivity index (χ4v) is 0. The van der Waals surface area contributed by atoms with Crippen molar-refractivity contribution in [3.63, 3.8) is 0 Å². The van der Waals surface area contributed by atoms with Crippen molar-refractivity contribution < 1.29 is 17.5 Å². The molecule has 33 valence electrons. The Hall–Kier alpha value is 1.51. The molecule has 6 heteroatoms. The maximum atomic E-state index is 8.74. The molecule has 2 N–H and O–H groups in total. The molecule has 0 aromatic rings. The standard InChI is InChI=1S/K.H2O4S/c;1-5(2,3)4/h;(H2,1,2,3,4). The van der Waals surface area contributed by atoms with E-state index in [1.807, 2.05) is 0 Å². The van der Waals surface area contributed by atoms with Crippen LogP contribution < -0.4 is 0 Å². The number of rotatable bonds is 0. The SMILES string of the molecule is O=S(=O)(O)O.[K]. The van der Waals surface area contributed by atoms with Gasteiger partial charge in [-0.05, 0) is 0 Å². The van der Waals surface area contributed by atoms with Crippen LogP contribution in [0.5, 0.6) is 0 Å². The molecule has 0 rings (SSSR count). The predicted molar refractivity (Wildman–Crippen MR) is 19.9 cm³/mol. The largest absolute Gasteiger partial charge is 0.394 e. The van der Waals surface area contributed by atoms with Gasteiger partial charge in [-0.15, -0.1) is 0 Å². The Kier molecular flexibility index (Phi) is 6.12. The van der Waals surface area contributed by atoms with Crippen molar-refractivity contribution in [2.24, 2.45) is 0 Å². The summed E-state index contributed by atoms with van der Waals surface area (Å²) in [5.41, 5.74) is 0. The van der Waals surface area contributed by atoms with E-state index in [2.05, 4.69) is 0 Å². The second-order valence-electron chi connectivity index (χ2n) is 0.448. The van der Waals surface area contributed by atoms with Gasteiger partial charge in [0.05, 0.1) is 0 Å². The normalized spacial score (nSPS) is 9.67. The van der Waals surface area contributed by atoms with E-state index in [-0.39, 0.29) is 51.4 Å². The molecule has 0 aliphatic rings. The molecule has 6 heavy (non-hydrogen) atoms. The van der Waals surface area contributed by atoms with E-state index in [4.69, 9.17) is 17.5 Å². The molecule has 0 aliphatic heterocycles. The second kappa shape index (κ2) is 3.50. The quantitative estimate of drug-likeness (QED) is 0.330. The Bertz CT molecular complexity index is 90.7. The summed E-state index contributed by atoms with van der Waals surface area (Å²) >= 11 is 0. The van der Waals surface area contributed by atoms with Crippen LogP contribution in [-0.2, 0) is 10.4 Å². The van der Waals surface area contributed by atoms with Gasteiger partial charge < -0.3 is 0 Å². The summed E-state index contributed by atoms with van der Waals surface area (Å²) in [6.45, 7) is 0.